The quantitative estimate of drug-likeness (QED) is 0.749. The lowest BCUT2D eigenvalue weighted by Crippen LogP contribution is -2.03. The molecule has 3 aromatic rings. The number of carboxylic acids is 1. The van der Waals surface area contributed by atoms with E-state index in [2.05, 4.69) is 4.98 Å². The van der Waals surface area contributed by atoms with Gasteiger partial charge in [0.2, 0.25) is 0 Å². The number of rotatable bonds is 5. The molecule has 0 saturated heterocycles. The Labute approximate surface area is 134 Å². The Hall–Kier alpha value is -2.88. The first-order chi connectivity index (χ1) is 11.1. The Morgan fingerprint density at radius 3 is 2.17 bits per heavy atom. The molecular weight excluding hydrogens is 290 g/mol. The van der Waals surface area contributed by atoms with Gasteiger partial charge in [-0.15, -0.1) is 0 Å². The van der Waals surface area contributed by atoms with Crippen LogP contribution in [0.1, 0.15) is 25.2 Å². The van der Waals surface area contributed by atoms with Crippen LogP contribution in [-0.4, -0.2) is 16.1 Å². The Morgan fingerprint density at radius 2 is 1.61 bits per heavy atom. The summed E-state index contributed by atoms with van der Waals surface area (Å²) in [5.41, 5.74) is 2.61. The van der Waals surface area contributed by atoms with Crippen molar-refractivity contribution in [2.75, 3.05) is 0 Å². The molecule has 1 aromatic heterocycles. The van der Waals surface area contributed by atoms with Crippen LogP contribution in [0.25, 0.3) is 22.6 Å². The maximum absolute atomic E-state index is 10.9. The average Bonchev–Trinajstić information content (AvgIpc) is 3.01. The van der Waals surface area contributed by atoms with Crippen LogP contribution >= 0.6 is 0 Å². The van der Waals surface area contributed by atoms with Crippen LogP contribution in [0.4, 0.5) is 0 Å². The van der Waals surface area contributed by atoms with Gasteiger partial charge in [0.15, 0.2) is 11.7 Å². The first-order valence-electron chi connectivity index (χ1n) is 7.48. The summed E-state index contributed by atoms with van der Waals surface area (Å²) >= 11 is 0. The Bertz CT molecular complexity index is 737. The molecule has 116 valence electrons. The lowest BCUT2D eigenvalue weighted by molar-refractivity contribution is -0.137. The molecule has 0 aliphatic carbocycles. The third-order valence-electron chi connectivity index (χ3n) is 3.63. The second-order valence-electron chi connectivity index (χ2n) is 5.46. The molecule has 1 unspecified atom stereocenters. The van der Waals surface area contributed by atoms with Crippen LogP contribution in [-0.2, 0) is 4.79 Å². The summed E-state index contributed by atoms with van der Waals surface area (Å²) in [7, 11) is 0. The molecule has 3 rings (SSSR count). The van der Waals surface area contributed by atoms with E-state index in [1.807, 2.05) is 67.6 Å². The Balaban J connectivity index is 2.09. The fourth-order valence-electron chi connectivity index (χ4n) is 2.47. The molecule has 1 heterocycles. The van der Waals surface area contributed by atoms with Crippen molar-refractivity contribution in [3.05, 3.63) is 66.6 Å². The van der Waals surface area contributed by atoms with Gasteiger partial charge in [0.05, 0.1) is 6.42 Å². The van der Waals surface area contributed by atoms with E-state index in [-0.39, 0.29) is 12.3 Å². The van der Waals surface area contributed by atoms with Crippen molar-refractivity contribution >= 4 is 5.97 Å². The highest BCUT2D eigenvalue weighted by Crippen LogP contribution is 2.35. The summed E-state index contributed by atoms with van der Waals surface area (Å²) in [6.45, 7) is 1.81. The van der Waals surface area contributed by atoms with Crippen LogP contribution in [0.15, 0.2) is 65.1 Å². The topological polar surface area (TPSA) is 63.3 Å². The number of oxazole rings is 1. The molecule has 0 spiro atoms. The smallest absolute Gasteiger partial charge is 0.304 e. The van der Waals surface area contributed by atoms with Crippen molar-refractivity contribution < 1.29 is 14.3 Å². The number of aliphatic carboxylic acids is 1. The van der Waals surface area contributed by atoms with Gasteiger partial charge in [0.1, 0.15) is 5.69 Å². The zero-order chi connectivity index (χ0) is 16.2. The number of hydrogen-bond donors (Lipinski definition) is 1. The summed E-state index contributed by atoms with van der Waals surface area (Å²) in [5.74, 6) is -0.0280. The highest BCUT2D eigenvalue weighted by molar-refractivity contribution is 5.77. The SMILES string of the molecule is CC(CC(=O)O)c1nc(-c2ccccc2)c(-c2ccccc2)o1. The molecule has 0 aliphatic rings. The first kappa shape index (κ1) is 15.0. The standard InChI is InChI=1S/C19H17NO3/c1-13(12-16(21)22)19-20-17(14-8-4-2-5-9-14)18(23-19)15-10-6-3-7-11-15/h2-11,13H,12H2,1H3,(H,21,22). The summed E-state index contributed by atoms with van der Waals surface area (Å²) in [6.07, 6.45) is -0.0109. The predicted octanol–water partition coefficient (Wildman–Crippen LogP) is 4.59. The van der Waals surface area contributed by atoms with Gasteiger partial charge in [-0.25, -0.2) is 4.98 Å². The number of hydrogen-bond acceptors (Lipinski definition) is 3. The van der Waals surface area contributed by atoms with Crippen LogP contribution < -0.4 is 0 Å². The molecule has 4 nitrogen and oxygen atoms in total. The van der Waals surface area contributed by atoms with E-state index in [1.54, 1.807) is 0 Å². The summed E-state index contributed by atoms with van der Waals surface area (Å²) in [4.78, 5) is 15.5. The Morgan fingerprint density at radius 1 is 1.04 bits per heavy atom. The first-order valence-corrected chi connectivity index (χ1v) is 7.48. The maximum Gasteiger partial charge on any atom is 0.304 e. The van der Waals surface area contributed by atoms with Crippen LogP contribution in [0.3, 0.4) is 0 Å². The summed E-state index contributed by atoms with van der Waals surface area (Å²) < 4.78 is 5.94. The third kappa shape index (κ3) is 3.31. The molecule has 1 atom stereocenters. The van der Waals surface area contributed by atoms with Crippen LogP contribution in [0.5, 0.6) is 0 Å². The summed E-state index contributed by atoms with van der Waals surface area (Å²) in [5, 5.41) is 8.99. The van der Waals surface area contributed by atoms with Gasteiger partial charge in [-0.2, -0.15) is 0 Å². The second-order valence-corrected chi connectivity index (χ2v) is 5.46. The number of carbonyl (C=O) groups is 1. The highest BCUT2D eigenvalue weighted by atomic mass is 16.4. The zero-order valence-electron chi connectivity index (χ0n) is 12.8. The van der Waals surface area contributed by atoms with Gasteiger partial charge in [-0.1, -0.05) is 67.6 Å². The van der Waals surface area contributed by atoms with E-state index in [0.717, 1.165) is 16.8 Å². The lowest BCUT2D eigenvalue weighted by atomic mass is 10.1. The fourth-order valence-corrected chi connectivity index (χ4v) is 2.47. The lowest BCUT2D eigenvalue weighted by Gasteiger charge is -2.02. The third-order valence-corrected chi connectivity index (χ3v) is 3.63. The summed E-state index contributed by atoms with van der Waals surface area (Å²) in [6, 6.07) is 19.5. The van der Waals surface area contributed by atoms with Gasteiger partial charge in [0, 0.05) is 17.0 Å². The van der Waals surface area contributed by atoms with E-state index in [9.17, 15) is 4.79 Å². The van der Waals surface area contributed by atoms with Crippen molar-refractivity contribution in [1.82, 2.24) is 4.98 Å². The molecule has 0 aliphatic heterocycles. The minimum Gasteiger partial charge on any atom is -0.481 e. The fraction of sp³-hybridized carbons (Fsp3) is 0.158. The molecular formula is C19H17NO3. The van der Waals surface area contributed by atoms with E-state index in [4.69, 9.17) is 9.52 Å². The van der Waals surface area contributed by atoms with Crippen molar-refractivity contribution in [2.45, 2.75) is 19.3 Å². The molecule has 0 amide bonds. The normalized spacial score (nSPS) is 12.0. The van der Waals surface area contributed by atoms with Crippen molar-refractivity contribution in [1.29, 1.82) is 0 Å². The number of aromatic nitrogens is 1. The maximum atomic E-state index is 10.9. The van der Waals surface area contributed by atoms with Gasteiger partial charge < -0.3 is 9.52 Å². The van der Waals surface area contributed by atoms with E-state index in [1.165, 1.54) is 0 Å². The monoisotopic (exact) mass is 307 g/mol. The molecule has 0 saturated carbocycles. The molecule has 0 bridgehead atoms. The van der Waals surface area contributed by atoms with E-state index < -0.39 is 5.97 Å². The van der Waals surface area contributed by atoms with Gasteiger partial charge in [-0.05, 0) is 0 Å². The van der Waals surface area contributed by atoms with E-state index in [0.29, 0.717) is 11.7 Å². The van der Waals surface area contributed by atoms with Crippen LogP contribution in [0, 0.1) is 0 Å². The predicted molar refractivity (Wildman–Crippen MR) is 88.0 cm³/mol. The van der Waals surface area contributed by atoms with Gasteiger partial charge >= 0.3 is 5.97 Å². The zero-order valence-corrected chi connectivity index (χ0v) is 12.8. The largest absolute Gasteiger partial charge is 0.481 e. The molecule has 0 radical (unpaired) electrons. The second kappa shape index (κ2) is 6.48. The van der Waals surface area contributed by atoms with E-state index >= 15 is 0 Å². The minimum absolute atomic E-state index is 0.0109. The van der Waals surface area contributed by atoms with Gasteiger partial charge in [-0.3, -0.25) is 4.79 Å². The Kier molecular flexibility index (Phi) is 4.24. The molecule has 1 N–H and O–H groups in total. The number of carboxylic acid groups (broad SMARTS) is 1. The van der Waals surface area contributed by atoms with Gasteiger partial charge in [0.25, 0.3) is 0 Å². The minimum atomic E-state index is -0.863. The molecule has 4 heteroatoms. The van der Waals surface area contributed by atoms with Crippen LogP contribution in [0.2, 0.25) is 0 Å². The van der Waals surface area contributed by atoms with Crippen molar-refractivity contribution in [3.63, 3.8) is 0 Å². The molecule has 2 aromatic carbocycles. The number of benzene rings is 2. The average molecular weight is 307 g/mol. The highest BCUT2D eigenvalue weighted by Gasteiger charge is 2.21. The van der Waals surface area contributed by atoms with Crippen molar-refractivity contribution in [2.24, 2.45) is 0 Å². The molecule has 0 fully saturated rings. The molecule has 23 heavy (non-hydrogen) atoms. The number of nitrogens with zero attached hydrogens (tertiary/aromatic N) is 1. The van der Waals surface area contributed by atoms with Crippen molar-refractivity contribution in [3.8, 4) is 22.6 Å².